The van der Waals surface area contributed by atoms with Gasteiger partial charge in [-0.2, -0.15) is 0 Å². The van der Waals surface area contributed by atoms with E-state index >= 15 is 0 Å². The number of amides is 3. The highest BCUT2D eigenvalue weighted by Crippen LogP contribution is 2.38. The molecule has 0 saturated carbocycles. The normalized spacial score (nSPS) is 16.7. The minimum atomic E-state index is -0.464. The van der Waals surface area contributed by atoms with Gasteiger partial charge in [-0.1, -0.05) is 46.3 Å². The molecular formula is C29H24Br3N3O4S. The number of thioether (sulfide) groups is 1. The number of carbonyl (C=O) groups is 3. The van der Waals surface area contributed by atoms with E-state index in [-0.39, 0.29) is 17.4 Å². The molecule has 0 spiro atoms. The van der Waals surface area contributed by atoms with Crippen LogP contribution >= 0.6 is 59.6 Å². The van der Waals surface area contributed by atoms with Crippen molar-refractivity contribution in [2.45, 2.75) is 6.61 Å². The molecular weight excluding hydrogens is 726 g/mol. The molecule has 2 fully saturated rings. The molecule has 3 aromatic carbocycles. The number of nitrogens with zero attached hydrogens (tertiary/aromatic N) is 3. The van der Waals surface area contributed by atoms with Crippen LogP contribution in [0.15, 0.2) is 85.1 Å². The molecule has 0 aromatic heterocycles. The van der Waals surface area contributed by atoms with E-state index in [1.54, 1.807) is 11.0 Å². The van der Waals surface area contributed by atoms with Crippen molar-refractivity contribution in [2.24, 2.45) is 0 Å². The second-order valence-electron chi connectivity index (χ2n) is 9.20. The fourth-order valence-electron chi connectivity index (χ4n) is 4.41. The predicted octanol–water partition coefficient (Wildman–Crippen LogP) is 6.94. The maximum absolute atomic E-state index is 13.1. The third kappa shape index (κ3) is 6.82. The zero-order chi connectivity index (χ0) is 28.2. The molecule has 0 atom stereocenters. The first-order chi connectivity index (χ1) is 19.3. The van der Waals surface area contributed by atoms with Crippen LogP contribution in [0.1, 0.15) is 11.1 Å². The summed E-state index contributed by atoms with van der Waals surface area (Å²) in [6.07, 6.45) is 1.65. The average molecular weight is 750 g/mol. The molecule has 40 heavy (non-hydrogen) atoms. The molecule has 3 aromatic rings. The lowest BCUT2D eigenvalue weighted by molar-refractivity contribution is -0.136. The zero-order valence-electron chi connectivity index (χ0n) is 21.2. The van der Waals surface area contributed by atoms with Crippen molar-refractivity contribution in [1.82, 2.24) is 9.80 Å². The average Bonchev–Trinajstić information content (AvgIpc) is 3.21. The Morgan fingerprint density at radius 2 is 1.55 bits per heavy atom. The number of hydrogen-bond donors (Lipinski definition) is 0. The van der Waals surface area contributed by atoms with Crippen LogP contribution in [0.2, 0.25) is 0 Å². The van der Waals surface area contributed by atoms with Crippen molar-refractivity contribution in [2.75, 3.05) is 37.6 Å². The van der Waals surface area contributed by atoms with Gasteiger partial charge in [-0.3, -0.25) is 19.3 Å². The molecule has 5 rings (SSSR count). The van der Waals surface area contributed by atoms with Crippen molar-refractivity contribution in [3.8, 4) is 5.75 Å². The van der Waals surface area contributed by atoms with Gasteiger partial charge in [-0.05, 0) is 97.2 Å². The summed E-state index contributed by atoms with van der Waals surface area (Å²) in [5, 5.41) is -0.444. The Hall–Kier alpha value is -2.60. The first-order valence-electron chi connectivity index (χ1n) is 12.5. The lowest BCUT2D eigenvalue weighted by Crippen LogP contribution is -2.51. The summed E-state index contributed by atoms with van der Waals surface area (Å²) in [5.41, 5.74) is 2.85. The minimum Gasteiger partial charge on any atom is -0.487 e. The highest BCUT2D eigenvalue weighted by atomic mass is 79.9. The van der Waals surface area contributed by atoms with Crippen LogP contribution in [0.5, 0.6) is 5.75 Å². The number of carbonyl (C=O) groups excluding carboxylic acids is 3. The van der Waals surface area contributed by atoms with Gasteiger partial charge in [-0.15, -0.1) is 0 Å². The van der Waals surface area contributed by atoms with Crippen LogP contribution < -0.4 is 9.64 Å². The molecule has 3 amide bonds. The first-order valence-corrected chi connectivity index (χ1v) is 15.7. The lowest BCUT2D eigenvalue weighted by Gasteiger charge is -2.36. The molecule has 0 radical (unpaired) electrons. The number of halogens is 3. The predicted molar refractivity (Wildman–Crippen MR) is 168 cm³/mol. The standard InChI is InChI=1S/C29H24Br3N3O4S/c30-21-8-6-19(7-9-21)18-39-27-23(31)14-20(15-24(27)32)16-25-28(37)35(29(38)40-25)17-26(36)34-12-10-33(11-13-34)22-4-2-1-3-5-22/h1-9,14-16H,10-13,17-18H2/b25-16+. The van der Waals surface area contributed by atoms with Crippen LogP contribution in [-0.2, 0) is 16.2 Å². The van der Waals surface area contributed by atoms with Crippen LogP contribution in [0.25, 0.3) is 6.08 Å². The third-order valence-corrected chi connectivity index (χ3v) is 9.15. The maximum Gasteiger partial charge on any atom is 0.294 e. The number of ether oxygens (including phenoxy) is 1. The molecule has 2 aliphatic heterocycles. The van der Waals surface area contributed by atoms with E-state index in [0.717, 1.165) is 32.4 Å². The summed E-state index contributed by atoms with van der Waals surface area (Å²) >= 11 is 11.4. The van der Waals surface area contributed by atoms with Crippen molar-refractivity contribution in [1.29, 1.82) is 0 Å². The summed E-state index contributed by atoms with van der Waals surface area (Å²) in [6.45, 7) is 2.60. The van der Waals surface area contributed by atoms with Gasteiger partial charge < -0.3 is 14.5 Å². The quantitative estimate of drug-likeness (QED) is 0.244. The molecule has 0 N–H and O–H groups in total. The van der Waals surface area contributed by atoms with E-state index in [1.165, 1.54) is 0 Å². The van der Waals surface area contributed by atoms with Crippen molar-refractivity contribution >= 4 is 88.4 Å². The van der Waals surface area contributed by atoms with Gasteiger partial charge in [-0.25, -0.2) is 0 Å². The van der Waals surface area contributed by atoms with Gasteiger partial charge in [0, 0.05) is 36.3 Å². The van der Waals surface area contributed by atoms with Gasteiger partial charge in [0.25, 0.3) is 11.1 Å². The SMILES string of the molecule is O=C(CN1C(=O)S/C(=C/c2cc(Br)c(OCc3ccc(Br)cc3)c(Br)c2)C1=O)N1CCN(c2ccccc2)CC1. The molecule has 2 saturated heterocycles. The molecule has 206 valence electrons. The maximum atomic E-state index is 13.1. The van der Waals surface area contributed by atoms with Gasteiger partial charge >= 0.3 is 0 Å². The summed E-state index contributed by atoms with van der Waals surface area (Å²) < 4.78 is 8.40. The van der Waals surface area contributed by atoms with Crippen molar-refractivity contribution in [3.63, 3.8) is 0 Å². The first kappa shape index (κ1) is 28.9. The number of imide groups is 1. The van der Waals surface area contributed by atoms with E-state index in [1.807, 2.05) is 66.7 Å². The number of anilines is 1. The van der Waals surface area contributed by atoms with Crippen LogP contribution in [0, 0.1) is 0 Å². The highest BCUT2D eigenvalue weighted by molar-refractivity contribution is 9.11. The lowest BCUT2D eigenvalue weighted by atomic mass is 10.2. The largest absolute Gasteiger partial charge is 0.487 e. The Morgan fingerprint density at radius 3 is 2.20 bits per heavy atom. The monoisotopic (exact) mass is 747 g/mol. The summed E-state index contributed by atoms with van der Waals surface area (Å²) in [5.74, 6) is -0.0609. The Balaban J connectivity index is 1.20. The molecule has 11 heteroatoms. The number of para-hydroxylation sites is 1. The highest BCUT2D eigenvalue weighted by Gasteiger charge is 2.37. The van der Waals surface area contributed by atoms with E-state index in [0.29, 0.717) is 53.0 Å². The van der Waals surface area contributed by atoms with Gasteiger partial charge in [0.05, 0.1) is 13.9 Å². The molecule has 2 heterocycles. The van der Waals surface area contributed by atoms with Crippen LogP contribution in [0.3, 0.4) is 0 Å². The molecule has 2 aliphatic rings. The Bertz CT molecular complexity index is 1440. The van der Waals surface area contributed by atoms with Crippen LogP contribution in [0.4, 0.5) is 10.5 Å². The van der Waals surface area contributed by atoms with E-state index in [9.17, 15) is 14.4 Å². The number of piperazine rings is 1. The minimum absolute atomic E-state index is 0.228. The summed E-state index contributed by atoms with van der Waals surface area (Å²) in [4.78, 5) is 44.0. The summed E-state index contributed by atoms with van der Waals surface area (Å²) in [6, 6.07) is 21.6. The van der Waals surface area contributed by atoms with Crippen molar-refractivity contribution in [3.05, 3.63) is 96.2 Å². The fourth-order valence-corrected chi connectivity index (χ4v) is 6.97. The number of rotatable bonds is 7. The second kappa shape index (κ2) is 12.9. The van der Waals surface area contributed by atoms with E-state index in [4.69, 9.17) is 4.74 Å². The molecule has 0 aliphatic carbocycles. The molecule has 0 unspecified atom stereocenters. The zero-order valence-corrected chi connectivity index (χ0v) is 26.8. The topological polar surface area (TPSA) is 70.2 Å². The number of hydrogen-bond acceptors (Lipinski definition) is 6. The Kier molecular flexibility index (Phi) is 9.34. The Morgan fingerprint density at radius 1 is 0.900 bits per heavy atom. The Labute approximate surface area is 261 Å². The van der Waals surface area contributed by atoms with E-state index < -0.39 is 11.1 Å². The van der Waals surface area contributed by atoms with Gasteiger partial charge in [0.1, 0.15) is 18.9 Å². The number of benzene rings is 3. The molecule has 7 nitrogen and oxygen atoms in total. The second-order valence-corrected chi connectivity index (χ2v) is 12.8. The van der Waals surface area contributed by atoms with Gasteiger partial charge in [0.2, 0.25) is 5.91 Å². The fraction of sp³-hybridized carbons (Fsp3) is 0.207. The third-order valence-electron chi connectivity index (χ3n) is 6.54. The molecule has 0 bridgehead atoms. The van der Waals surface area contributed by atoms with Crippen LogP contribution in [-0.4, -0.2) is 59.6 Å². The van der Waals surface area contributed by atoms with Crippen molar-refractivity contribution < 1.29 is 19.1 Å². The summed E-state index contributed by atoms with van der Waals surface area (Å²) in [7, 11) is 0. The van der Waals surface area contributed by atoms with E-state index in [2.05, 4.69) is 52.7 Å². The smallest absolute Gasteiger partial charge is 0.294 e. The van der Waals surface area contributed by atoms with Gasteiger partial charge in [0.15, 0.2) is 0 Å².